The average molecular weight is 424 g/mol. The second-order valence-electron chi connectivity index (χ2n) is 8.62. The van der Waals surface area contributed by atoms with Gasteiger partial charge in [0, 0.05) is 22.9 Å². The second kappa shape index (κ2) is 8.16. The molecule has 1 aliphatic carbocycles. The van der Waals surface area contributed by atoms with E-state index in [1.54, 1.807) is 18.4 Å². The highest BCUT2D eigenvalue weighted by Gasteiger charge is 2.27. The average Bonchev–Trinajstić information content (AvgIpc) is 3.14. The molecule has 0 N–H and O–H groups in total. The highest BCUT2D eigenvalue weighted by atomic mass is 32.1. The number of likely N-dealkylation sites (tertiary alicyclic amines) is 1. The van der Waals surface area contributed by atoms with Crippen molar-refractivity contribution in [3.05, 3.63) is 56.4 Å². The molecule has 3 aromatic rings. The van der Waals surface area contributed by atoms with E-state index in [0.717, 1.165) is 66.1 Å². The van der Waals surface area contributed by atoms with E-state index >= 15 is 0 Å². The largest absolute Gasteiger partial charge is 0.496 e. The van der Waals surface area contributed by atoms with Crippen molar-refractivity contribution in [3.63, 3.8) is 0 Å². The van der Waals surface area contributed by atoms with Gasteiger partial charge in [-0.3, -0.25) is 9.36 Å². The summed E-state index contributed by atoms with van der Waals surface area (Å²) in [5.41, 5.74) is 2.54. The van der Waals surface area contributed by atoms with Crippen LogP contribution in [-0.4, -0.2) is 41.7 Å². The summed E-state index contributed by atoms with van der Waals surface area (Å²) in [6, 6.07) is 8.28. The first-order valence-corrected chi connectivity index (χ1v) is 11.8. The molecule has 0 radical (unpaired) electrons. The molecule has 30 heavy (non-hydrogen) atoms. The minimum Gasteiger partial charge on any atom is -0.496 e. The Morgan fingerprint density at radius 1 is 1.17 bits per heavy atom. The van der Waals surface area contributed by atoms with Crippen LogP contribution in [0.1, 0.15) is 53.6 Å². The molecule has 0 unspecified atom stereocenters. The van der Waals surface area contributed by atoms with E-state index in [1.165, 1.54) is 23.3 Å². The van der Waals surface area contributed by atoms with Crippen LogP contribution >= 0.6 is 11.3 Å². The fourth-order valence-corrected chi connectivity index (χ4v) is 6.30. The van der Waals surface area contributed by atoms with Gasteiger partial charge in [0.2, 0.25) is 0 Å². The molecule has 0 amide bonds. The molecule has 1 fully saturated rings. The van der Waals surface area contributed by atoms with Crippen molar-refractivity contribution in [2.75, 3.05) is 27.2 Å². The number of aryl methyl sites for hydroxylation is 2. The number of hydrogen-bond acceptors (Lipinski definition) is 5. The summed E-state index contributed by atoms with van der Waals surface area (Å²) in [4.78, 5) is 23.7. The van der Waals surface area contributed by atoms with Crippen LogP contribution < -0.4 is 10.3 Å². The van der Waals surface area contributed by atoms with E-state index in [0.29, 0.717) is 6.42 Å². The molecular formula is C24H29N3O2S. The Hall–Kier alpha value is -2.18. The van der Waals surface area contributed by atoms with Gasteiger partial charge in [0.1, 0.15) is 16.4 Å². The van der Waals surface area contributed by atoms with Crippen LogP contribution in [-0.2, 0) is 19.3 Å². The Balaban J connectivity index is 1.67. The van der Waals surface area contributed by atoms with Gasteiger partial charge in [0.05, 0.1) is 12.5 Å². The summed E-state index contributed by atoms with van der Waals surface area (Å²) in [5.74, 6) is 1.73. The van der Waals surface area contributed by atoms with Crippen molar-refractivity contribution >= 4 is 21.6 Å². The molecule has 0 atom stereocenters. The van der Waals surface area contributed by atoms with Crippen LogP contribution in [0, 0.1) is 0 Å². The SMILES string of the molecule is COc1ccccc1Cc1nc2sc3c(c2c(=O)n1C1CCN(C)CC1)CCCC3. The fourth-order valence-electron chi connectivity index (χ4n) is 5.03. The highest BCUT2D eigenvalue weighted by Crippen LogP contribution is 2.35. The fraction of sp³-hybridized carbons (Fsp3) is 0.500. The van der Waals surface area contributed by atoms with E-state index in [4.69, 9.17) is 9.72 Å². The molecule has 158 valence electrons. The van der Waals surface area contributed by atoms with Gasteiger partial charge in [-0.05, 0) is 70.3 Å². The maximum absolute atomic E-state index is 13.9. The number of piperidine rings is 1. The summed E-state index contributed by atoms with van der Waals surface area (Å²) in [6.07, 6.45) is 7.11. The molecule has 0 saturated carbocycles. The summed E-state index contributed by atoms with van der Waals surface area (Å²) < 4.78 is 7.63. The summed E-state index contributed by atoms with van der Waals surface area (Å²) >= 11 is 1.74. The summed E-state index contributed by atoms with van der Waals surface area (Å²) in [7, 11) is 3.86. The molecule has 0 spiro atoms. The number of ether oxygens (including phenoxy) is 1. The van der Waals surface area contributed by atoms with E-state index in [1.807, 2.05) is 22.8 Å². The molecule has 0 bridgehead atoms. The van der Waals surface area contributed by atoms with Gasteiger partial charge in [-0.1, -0.05) is 18.2 Å². The number of rotatable bonds is 4. The number of para-hydroxylation sites is 1. The van der Waals surface area contributed by atoms with Crippen molar-refractivity contribution in [1.29, 1.82) is 0 Å². The number of thiophene rings is 1. The number of hydrogen-bond donors (Lipinski definition) is 0. The van der Waals surface area contributed by atoms with Gasteiger partial charge in [-0.2, -0.15) is 0 Å². The molecule has 3 heterocycles. The lowest BCUT2D eigenvalue weighted by Gasteiger charge is -2.31. The van der Waals surface area contributed by atoms with E-state index in [9.17, 15) is 4.79 Å². The lowest BCUT2D eigenvalue weighted by molar-refractivity contribution is 0.216. The van der Waals surface area contributed by atoms with Gasteiger partial charge in [0.25, 0.3) is 5.56 Å². The number of methoxy groups -OCH3 is 1. The Morgan fingerprint density at radius 3 is 2.73 bits per heavy atom. The number of fused-ring (bicyclic) bond motifs is 3. The first-order chi connectivity index (χ1) is 14.7. The lowest BCUT2D eigenvalue weighted by atomic mass is 9.97. The van der Waals surface area contributed by atoms with Crippen LogP contribution in [0.2, 0.25) is 0 Å². The maximum Gasteiger partial charge on any atom is 0.262 e. The Morgan fingerprint density at radius 2 is 1.93 bits per heavy atom. The van der Waals surface area contributed by atoms with E-state index in [2.05, 4.69) is 18.0 Å². The zero-order chi connectivity index (χ0) is 20.7. The van der Waals surface area contributed by atoms with Crippen LogP contribution in [0.25, 0.3) is 10.2 Å². The minimum atomic E-state index is 0.179. The number of benzene rings is 1. The highest BCUT2D eigenvalue weighted by molar-refractivity contribution is 7.18. The topological polar surface area (TPSA) is 47.4 Å². The number of nitrogens with zero attached hydrogens (tertiary/aromatic N) is 3. The van der Waals surface area contributed by atoms with Crippen LogP contribution in [0.4, 0.5) is 0 Å². The first-order valence-electron chi connectivity index (χ1n) is 11.0. The van der Waals surface area contributed by atoms with Crippen LogP contribution in [0.5, 0.6) is 5.75 Å². The Kier molecular flexibility index (Phi) is 5.37. The van der Waals surface area contributed by atoms with Crippen molar-refractivity contribution < 1.29 is 4.74 Å². The summed E-state index contributed by atoms with van der Waals surface area (Å²) in [5, 5.41) is 0.900. The molecule has 6 heteroatoms. The standard InChI is InChI=1S/C24H29N3O2S/c1-26-13-11-17(12-14-26)27-21(15-16-7-3-5-9-19(16)29-2)25-23-22(24(27)28)18-8-4-6-10-20(18)30-23/h3,5,7,9,17H,4,6,8,10-15H2,1-2H3. The van der Waals surface area contributed by atoms with Crippen molar-refractivity contribution in [3.8, 4) is 5.75 Å². The summed E-state index contributed by atoms with van der Waals surface area (Å²) in [6.45, 7) is 2.04. The normalized spacial score (nSPS) is 17.9. The Labute approximate surface area is 181 Å². The third-order valence-corrected chi connectivity index (χ3v) is 7.87. The third kappa shape index (κ3) is 3.46. The third-order valence-electron chi connectivity index (χ3n) is 6.69. The van der Waals surface area contributed by atoms with E-state index in [-0.39, 0.29) is 11.6 Å². The smallest absolute Gasteiger partial charge is 0.262 e. The lowest BCUT2D eigenvalue weighted by Crippen LogP contribution is -2.37. The maximum atomic E-state index is 13.9. The van der Waals surface area contributed by atoms with Gasteiger partial charge in [-0.25, -0.2) is 4.98 Å². The van der Waals surface area contributed by atoms with Gasteiger partial charge < -0.3 is 9.64 Å². The quantitative estimate of drug-likeness (QED) is 0.631. The van der Waals surface area contributed by atoms with Crippen LogP contribution in [0.15, 0.2) is 29.1 Å². The first kappa shape index (κ1) is 19.8. The van der Waals surface area contributed by atoms with Crippen LogP contribution in [0.3, 0.4) is 0 Å². The Bertz CT molecular complexity index is 1130. The van der Waals surface area contributed by atoms with Gasteiger partial charge in [0.15, 0.2) is 0 Å². The molecule has 2 aromatic heterocycles. The molecule has 5 nitrogen and oxygen atoms in total. The zero-order valence-corrected chi connectivity index (χ0v) is 18.6. The minimum absolute atomic E-state index is 0.179. The molecule has 1 aromatic carbocycles. The van der Waals surface area contributed by atoms with Crippen molar-refractivity contribution in [2.45, 2.75) is 51.0 Å². The second-order valence-corrected chi connectivity index (χ2v) is 9.70. The monoisotopic (exact) mass is 423 g/mol. The molecule has 1 aliphatic heterocycles. The van der Waals surface area contributed by atoms with E-state index < -0.39 is 0 Å². The molecule has 5 rings (SSSR count). The molecule has 1 saturated heterocycles. The zero-order valence-electron chi connectivity index (χ0n) is 17.8. The molecule has 2 aliphatic rings. The molecular weight excluding hydrogens is 394 g/mol. The number of aromatic nitrogens is 2. The van der Waals surface area contributed by atoms with Crippen molar-refractivity contribution in [1.82, 2.24) is 14.5 Å². The predicted octanol–water partition coefficient (Wildman–Crippen LogP) is 4.20. The van der Waals surface area contributed by atoms with Gasteiger partial charge in [-0.15, -0.1) is 11.3 Å². The van der Waals surface area contributed by atoms with Gasteiger partial charge >= 0.3 is 0 Å². The van der Waals surface area contributed by atoms with Crippen molar-refractivity contribution in [2.24, 2.45) is 0 Å². The predicted molar refractivity (Wildman–Crippen MR) is 122 cm³/mol.